The van der Waals surface area contributed by atoms with Crippen molar-refractivity contribution in [1.82, 2.24) is 9.97 Å². The normalized spacial score (nSPS) is 12.4. The van der Waals surface area contributed by atoms with E-state index in [1.54, 1.807) is 42.7 Å². The van der Waals surface area contributed by atoms with Gasteiger partial charge in [0.05, 0.1) is 11.2 Å². The van der Waals surface area contributed by atoms with Crippen LogP contribution in [0.1, 0.15) is 5.56 Å². The summed E-state index contributed by atoms with van der Waals surface area (Å²) in [6.07, 6.45) is 3.32. The molecule has 0 amide bonds. The second-order valence-electron chi connectivity index (χ2n) is 6.60. The average molecular weight is 373 g/mol. The van der Waals surface area contributed by atoms with E-state index in [1.165, 1.54) is 0 Å². The highest BCUT2D eigenvalue weighted by molar-refractivity contribution is 5.96. The Bertz CT molecular complexity index is 1200. The van der Waals surface area contributed by atoms with E-state index in [0.29, 0.717) is 28.3 Å². The Hall–Kier alpha value is -3.67. The van der Waals surface area contributed by atoms with Crippen molar-refractivity contribution >= 4 is 22.3 Å². The van der Waals surface area contributed by atoms with Crippen LogP contribution in [0.15, 0.2) is 60.9 Å². The molecule has 138 valence electrons. The highest BCUT2D eigenvalue weighted by atomic mass is 19.1. The Kier molecular flexibility index (Phi) is 3.83. The molecule has 0 saturated heterocycles. The number of nitrogens with one attached hydrogen (secondary N) is 1. The molecule has 1 aliphatic rings. The number of ether oxygens (including phenoxy) is 2. The fourth-order valence-corrected chi connectivity index (χ4v) is 3.29. The Morgan fingerprint density at radius 1 is 0.964 bits per heavy atom. The topological polar surface area (TPSA) is 56.3 Å². The van der Waals surface area contributed by atoms with Crippen LogP contribution in [0.2, 0.25) is 0 Å². The molecule has 1 N–H and O–H groups in total. The molecule has 28 heavy (non-hydrogen) atoms. The lowest BCUT2D eigenvalue weighted by Crippen LogP contribution is -2.01. The Balaban J connectivity index is 1.72. The third-order valence-corrected chi connectivity index (χ3v) is 4.68. The monoisotopic (exact) mass is 373 g/mol. The number of hydrogen-bond donors (Lipinski definition) is 1. The maximum absolute atomic E-state index is 15.6. The van der Waals surface area contributed by atoms with Gasteiger partial charge in [0.25, 0.3) is 0 Å². The van der Waals surface area contributed by atoms with E-state index in [2.05, 4.69) is 15.3 Å². The molecule has 0 atom stereocenters. The molecule has 2 aromatic heterocycles. The molecule has 0 saturated carbocycles. The number of rotatable bonds is 3. The van der Waals surface area contributed by atoms with Gasteiger partial charge in [0.2, 0.25) is 6.79 Å². The van der Waals surface area contributed by atoms with E-state index in [-0.39, 0.29) is 12.5 Å². The van der Waals surface area contributed by atoms with Gasteiger partial charge in [-0.2, -0.15) is 0 Å². The zero-order valence-electron chi connectivity index (χ0n) is 15.1. The number of fused-ring (bicyclic) bond motifs is 2. The van der Waals surface area contributed by atoms with Crippen molar-refractivity contribution < 1.29 is 13.9 Å². The Morgan fingerprint density at radius 2 is 1.79 bits per heavy atom. The predicted molar refractivity (Wildman–Crippen MR) is 106 cm³/mol. The lowest BCUT2D eigenvalue weighted by molar-refractivity contribution is 0.174. The number of pyridine rings is 2. The van der Waals surface area contributed by atoms with Gasteiger partial charge in [-0.3, -0.25) is 4.98 Å². The van der Waals surface area contributed by atoms with Crippen LogP contribution >= 0.6 is 0 Å². The van der Waals surface area contributed by atoms with Gasteiger partial charge in [-0.05, 0) is 49.4 Å². The molecule has 0 fully saturated rings. The van der Waals surface area contributed by atoms with Gasteiger partial charge in [0, 0.05) is 29.0 Å². The number of nitrogens with zero attached hydrogens (tertiary/aromatic N) is 2. The van der Waals surface area contributed by atoms with Crippen molar-refractivity contribution in [2.75, 3.05) is 12.1 Å². The third-order valence-electron chi connectivity index (χ3n) is 4.68. The Labute approximate surface area is 160 Å². The number of halogens is 1. The molecule has 0 aliphatic carbocycles. The molecule has 2 aromatic carbocycles. The van der Waals surface area contributed by atoms with Gasteiger partial charge < -0.3 is 14.8 Å². The minimum absolute atomic E-state index is 0.167. The minimum atomic E-state index is -0.422. The van der Waals surface area contributed by atoms with Crippen molar-refractivity contribution in [1.29, 1.82) is 0 Å². The standard InChI is InChI=1S/C22H16FN3O2/c1-13-2-4-17-16(10-13)22(25-15-6-8-24-9-7-15)20(23)21(26-17)14-3-5-18-19(11-14)28-12-27-18/h2-11H,12H2,1H3,(H,24,25,26). The molecule has 0 bridgehead atoms. The fourth-order valence-electron chi connectivity index (χ4n) is 3.29. The molecular formula is C22H16FN3O2. The van der Waals surface area contributed by atoms with Crippen molar-refractivity contribution in [3.05, 3.63) is 72.3 Å². The van der Waals surface area contributed by atoms with E-state index in [1.807, 2.05) is 25.1 Å². The van der Waals surface area contributed by atoms with Crippen LogP contribution < -0.4 is 14.8 Å². The lowest BCUT2D eigenvalue weighted by Gasteiger charge is -2.15. The molecule has 0 spiro atoms. The first-order valence-electron chi connectivity index (χ1n) is 8.86. The fraction of sp³-hybridized carbons (Fsp3) is 0.0909. The van der Waals surface area contributed by atoms with E-state index in [4.69, 9.17) is 9.47 Å². The summed E-state index contributed by atoms with van der Waals surface area (Å²) in [5.74, 6) is 0.816. The summed E-state index contributed by atoms with van der Waals surface area (Å²) in [5, 5.41) is 3.92. The zero-order chi connectivity index (χ0) is 19.1. The molecular weight excluding hydrogens is 357 g/mol. The molecule has 0 unspecified atom stereocenters. The maximum Gasteiger partial charge on any atom is 0.231 e. The van der Waals surface area contributed by atoms with E-state index in [0.717, 1.165) is 16.6 Å². The molecule has 5 rings (SSSR count). The van der Waals surface area contributed by atoms with E-state index >= 15 is 4.39 Å². The number of benzene rings is 2. The van der Waals surface area contributed by atoms with Gasteiger partial charge in [-0.25, -0.2) is 9.37 Å². The summed E-state index contributed by atoms with van der Waals surface area (Å²) in [6, 6.07) is 14.7. The van der Waals surface area contributed by atoms with Crippen LogP contribution in [0.4, 0.5) is 15.8 Å². The Morgan fingerprint density at radius 3 is 2.64 bits per heavy atom. The summed E-state index contributed by atoms with van der Waals surface area (Å²) in [6.45, 7) is 2.14. The lowest BCUT2D eigenvalue weighted by atomic mass is 10.0. The minimum Gasteiger partial charge on any atom is -0.454 e. The molecule has 4 aromatic rings. The number of aryl methyl sites for hydroxylation is 1. The largest absolute Gasteiger partial charge is 0.454 e. The highest BCUT2D eigenvalue weighted by Crippen LogP contribution is 2.39. The van der Waals surface area contributed by atoms with Gasteiger partial charge >= 0.3 is 0 Å². The number of aromatic nitrogens is 2. The molecule has 5 nitrogen and oxygen atoms in total. The predicted octanol–water partition coefficient (Wildman–Crippen LogP) is 5.22. The summed E-state index contributed by atoms with van der Waals surface area (Å²) in [4.78, 5) is 8.60. The van der Waals surface area contributed by atoms with Crippen molar-refractivity contribution in [3.8, 4) is 22.8 Å². The summed E-state index contributed by atoms with van der Waals surface area (Å²) < 4.78 is 26.4. The van der Waals surface area contributed by atoms with Gasteiger partial charge in [0.1, 0.15) is 5.69 Å². The quantitative estimate of drug-likeness (QED) is 0.534. The van der Waals surface area contributed by atoms with Crippen LogP contribution in [-0.2, 0) is 0 Å². The summed E-state index contributed by atoms with van der Waals surface area (Å²) >= 11 is 0. The second kappa shape index (κ2) is 6.49. The average Bonchev–Trinajstić information content (AvgIpc) is 3.19. The molecule has 3 heterocycles. The smallest absolute Gasteiger partial charge is 0.231 e. The van der Waals surface area contributed by atoms with Crippen molar-refractivity contribution in [2.45, 2.75) is 6.92 Å². The van der Waals surface area contributed by atoms with Crippen LogP contribution in [-0.4, -0.2) is 16.8 Å². The van der Waals surface area contributed by atoms with Gasteiger partial charge in [-0.1, -0.05) is 11.6 Å². The zero-order valence-corrected chi connectivity index (χ0v) is 15.1. The van der Waals surface area contributed by atoms with E-state index in [9.17, 15) is 0 Å². The first-order chi connectivity index (χ1) is 13.7. The van der Waals surface area contributed by atoms with Crippen molar-refractivity contribution in [3.63, 3.8) is 0 Å². The SMILES string of the molecule is Cc1ccc2nc(-c3ccc4c(c3)OCO4)c(F)c(Nc3ccncc3)c2c1. The maximum atomic E-state index is 15.6. The van der Waals surface area contributed by atoms with Gasteiger partial charge in [-0.15, -0.1) is 0 Å². The van der Waals surface area contributed by atoms with Crippen molar-refractivity contribution in [2.24, 2.45) is 0 Å². The third kappa shape index (κ3) is 2.79. The van der Waals surface area contributed by atoms with E-state index < -0.39 is 5.82 Å². The molecule has 0 radical (unpaired) electrons. The number of anilines is 2. The number of hydrogen-bond acceptors (Lipinski definition) is 5. The molecule has 6 heteroatoms. The molecule has 1 aliphatic heterocycles. The van der Waals surface area contributed by atoms with Gasteiger partial charge in [0.15, 0.2) is 17.3 Å². The van der Waals surface area contributed by atoms with Crippen LogP contribution in [0.3, 0.4) is 0 Å². The van der Waals surface area contributed by atoms with Crippen LogP contribution in [0.25, 0.3) is 22.2 Å². The highest BCUT2D eigenvalue weighted by Gasteiger charge is 2.20. The first kappa shape index (κ1) is 16.5. The van der Waals surface area contributed by atoms with Crippen LogP contribution in [0.5, 0.6) is 11.5 Å². The first-order valence-corrected chi connectivity index (χ1v) is 8.86. The summed E-state index contributed by atoms with van der Waals surface area (Å²) in [5.41, 5.74) is 3.75. The second-order valence-corrected chi connectivity index (χ2v) is 6.60. The summed E-state index contributed by atoms with van der Waals surface area (Å²) in [7, 11) is 0. The van der Waals surface area contributed by atoms with Crippen LogP contribution in [0, 0.1) is 12.7 Å².